The third-order valence-corrected chi connectivity index (χ3v) is 10.3. The lowest BCUT2D eigenvalue weighted by Gasteiger charge is -2.30. The SMILES string of the molecule is Cc1cccc(NC(=O)Cn2c3c(sc2=O)[C@@H](c2ccc(Br)cc2)[C@@H]2C(=O)N(c4ccc([N+](=O)[O-])cc4)C(=O)[C@@H]2S3)c1. The molecule has 1 aromatic heterocycles. The van der Waals surface area contributed by atoms with E-state index in [1.807, 2.05) is 49.4 Å². The molecule has 0 radical (unpaired) electrons. The maximum atomic E-state index is 13.9. The second kappa shape index (κ2) is 11.0. The summed E-state index contributed by atoms with van der Waals surface area (Å²) in [6, 6.07) is 19.9. The van der Waals surface area contributed by atoms with Crippen molar-refractivity contribution in [3.8, 4) is 0 Å². The van der Waals surface area contributed by atoms with E-state index in [0.29, 0.717) is 15.6 Å². The van der Waals surface area contributed by atoms with Gasteiger partial charge in [0.25, 0.3) is 5.69 Å². The van der Waals surface area contributed by atoms with Crippen LogP contribution in [-0.2, 0) is 20.9 Å². The smallest absolute Gasteiger partial charge is 0.308 e. The van der Waals surface area contributed by atoms with Crippen LogP contribution in [0.5, 0.6) is 0 Å². The number of imide groups is 1. The number of nitro benzene ring substituents is 1. The summed E-state index contributed by atoms with van der Waals surface area (Å²) in [5.41, 5.74) is 2.40. The first-order valence-corrected chi connectivity index (χ1v) is 15.3. The number of fused-ring (bicyclic) bond motifs is 2. The van der Waals surface area contributed by atoms with Gasteiger partial charge in [0.05, 0.1) is 21.6 Å². The van der Waals surface area contributed by atoms with Gasteiger partial charge >= 0.3 is 4.87 Å². The number of benzene rings is 3. The number of nitrogens with zero attached hydrogens (tertiary/aromatic N) is 3. The van der Waals surface area contributed by atoms with Crippen LogP contribution in [0.25, 0.3) is 0 Å². The third kappa shape index (κ3) is 4.97. The van der Waals surface area contributed by atoms with E-state index in [2.05, 4.69) is 21.2 Å². The van der Waals surface area contributed by atoms with Crippen molar-refractivity contribution < 1.29 is 19.3 Å². The van der Waals surface area contributed by atoms with Gasteiger partial charge in [-0.2, -0.15) is 0 Å². The summed E-state index contributed by atoms with van der Waals surface area (Å²) in [5, 5.41) is 13.6. The molecule has 212 valence electrons. The molecule has 3 heterocycles. The van der Waals surface area contributed by atoms with Crippen LogP contribution in [0.4, 0.5) is 17.1 Å². The van der Waals surface area contributed by atoms with Crippen molar-refractivity contribution in [2.75, 3.05) is 10.2 Å². The number of anilines is 2. The highest BCUT2D eigenvalue weighted by atomic mass is 79.9. The largest absolute Gasteiger partial charge is 0.325 e. The van der Waals surface area contributed by atoms with E-state index in [1.165, 1.54) is 28.8 Å². The fourth-order valence-electron chi connectivity index (χ4n) is 5.33. The van der Waals surface area contributed by atoms with Crippen LogP contribution in [0.2, 0.25) is 0 Å². The zero-order chi connectivity index (χ0) is 29.7. The Hall–Kier alpha value is -4.07. The summed E-state index contributed by atoms with van der Waals surface area (Å²) in [5.74, 6) is -2.76. The third-order valence-electron chi connectivity index (χ3n) is 7.20. The molecule has 4 aromatic rings. The Morgan fingerprint density at radius 3 is 2.40 bits per heavy atom. The number of non-ortho nitro benzene ring substituents is 1. The number of amides is 3. The van der Waals surface area contributed by atoms with Gasteiger partial charge in [0.15, 0.2) is 0 Å². The van der Waals surface area contributed by atoms with Crippen LogP contribution in [-0.4, -0.2) is 32.5 Å². The van der Waals surface area contributed by atoms with Crippen molar-refractivity contribution in [3.63, 3.8) is 0 Å². The van der Waals surface area contributed by atoms with E-state index in [1.54, 1.807) is 6.07 Å². The minimum Gasteiger partial charge on any atom is -0.325 e. The minimum absolute atomic E-state index is 0.160. The first kappa shape index (κ1) is 28.1. The van der Waals surface area contributed by atoms with Crippen molar-refractivity contribution in [3.05, 3.63) is 113 Å². The molecular formula is C29H21BrN4O6S2. The molecule has 6 rings (SSSR count). The number of hydrogen-bond donors (Lipinski definition) is 1. The second-order valence-electron chi connectivity index (χ2n) is 9.92. The van der Waals surface area contributed by atoms with Crippen molar-refractivity contribution in [1.82, 2.24) is 4.57 Å². The van der Waals surface area contributed by atoms with Crippen molar-refractivity contribution in [1.29, 1.82) is 0 Å². The first-order chi connectivity index (χ1) is 20.1. The molecule has 10 nitrogen and oxygen atoms in total. The maximum absolute atomic E-state index is 13.9. The molecule has 0 bridgehead atoms. The van der Waals surface area contributed by atoms with E-state index in [4.69, 9.17) is 0 Å². The average molecular weight is 666 g/mol. The second-order valence-corrected chi connectivity index (χ2v) is 13.0. The topological polar surface area (TPSA) is 132 Å². The molecule has 3 amide bonds. The molecule has 0 unspecified atom stereocenters. The zero-order valence-electron chi connectivity index (χ0n) is 21.9. The van der Waals surface area contributed by atoms with Gasteiger partial charge in [0, 0.05) is 33.1 Å². The number of nitro groups is 1. The van der Waals surface area contributed by atoms with Gasteiger partial charge in [-0.15, -0.1) is 0 Å². The van der Waals surface area contributed by atoms with Gasteiger partial charge in [-0.1, -0.05) is 63.3 Å². The molecule has 2 aliphatic rings. The summed E-state index contributed by atoms with van der Waals surface area (Å²) in [7, 11) is 0. The van der Waals surface area contributed by atoms with Gasteiger partial charge in [0.1, 0.15) is 11.8 Å². The van der Waals surface area contributed by atoms with Crippen LogP contribution in [0.15, 0.2) is 87.1 Å². The van der Waals surface area contributed by atoms with Crippen molar-refractivity contribution in [2.24, 2.45) is 5.92 Å². The monoisotopic (exact) mass is 664 g/mol. The number of aromatic nitrogens is 1. The van der Waals surface area contributed by atoms with E-state index in [-0.39, 0.29) is 22.8 Å². The van der Waals surface area contributed by atoms with E-state index < -0.39 is 39.7 Å². The fourth-order valence-corrected chi connectivity index (χ4v) is 8.37. The molecule has 0 saturated carbocycles. The molecule has 13 heteroatoms. The molecule has 3 atom stereocenters. The van der Waals surface area contributed by atoms with E-state index in [0.717, 1.165) is 43.6 Å². The van der Waals surface area contributed by atoms with Gasteiger partial charge in [-0.3, -0.25) is 33.9 Å². The predicted molar refractivity (Wildman–Crippen MR) is 163 cm³/mol. The Labute approximate surface area is 255 Å². The lowest BCUT2D eigenvalue weighted by molar-refractivity contribution is -0.384. The Balaban J connectivity index is 1.40. The highest BCUT2D eigenvalue weighted by Crippen LogP contribution is 2.54. The van der Waals surface area contributed by atoms with E-state index >= 15 is 0 Å². The number of thiazole rings is 1. The lowest BCUT2D eigenvalue weighted by atomic mass is 9.83. The fraction of sp³-hybridized carbons (Fsp3) is 0.172. The highest BCUT2D eigenvalue weighted by Gasteiger charge is 2.56. The Kier molecular flexibility index (Phi) is 7.33. The summed E-state index contributed by atoms with van der Waals surface area (Å²) in [4.78, 5) is 65.9. The number of carbonyl (C=O) groups excluding carboxylic acids is 3. The summed E-state index contributed by atoms with van der Waals surface area (Å²) < 4.78 is 2.19. The van der Waals surface area contributed by atoms with Crippen LogP contribution in [0, 0.1) is 23.0 Å². The molecule has 0 aliphatic carbocycles. The van der Waals surface area contributed by atoms with Crippen molar-refractivity contribution in [2.45, 2.75) is 29.7 Å². The number of halogens is 1. The Morgan fingerprint density at radius 1 is 1.02 bits per heavy atom. The van der Waals surface area contributed by atoms with E-state index in [9.17, 15) is 29.3 Å². The molecule has 1 fully saturated rings. The maximum Gasteiger partial charge on any atom is 0.308 e. The molecule has 3 aromatic carbocycles. The molecule has 42 heavy (non-hydrogen) atoms. The summed E-state index contributed by atoms with van der Waals surface area (Å²) in [6.45, 7) is 1.65. The van der Waals surface area contributed by atoms with Gasteiger partial charge in [0.2, 0.25) is 17.7 Å². The van der Waals surface area contributed by atoms with Gasteiger partial charge in [-0.05, 0) is 54.4 Å². The van der Waals surface area contributed by atoms with Gasteiger partial charge in [-0.25, -0.2) is 4.90 Å². The predicted octanol–water partition coefficient (Wildman–Crippen LogP) is 5.32. The number of aryl methyl sites for hydroxylation is 1. The van der Waals surface area contributed by atoms with Crippen LogP contribution in [0.1, 0.15) is 21.9 Å². The quantitative estimate of drug-likeness (QED) is 0.168. The van der Waals surface area contributed by atoms with Gasteiger partial charge < -0.3 is 5.32 Å². The lowest BCUT2D eigenvalue weighted by Crippen LogP contribution is -2.33. The zero-order valence-corrected chi connectivity index (χ0v) is 25.1. The molecule has 2 aliphatic heterocycles. The number of rotatable bonds is 6. The van der Waals surface area contributed by atoms with Crippen LogP contribution in [0.3, 0.4) is 0 Å². The minimum atomic E-state index is -0.867. The summed E-state index contributed by atoms with van der Waals surface area (Å²) in [6.07, 6.45) is 0. The normalized spacial score (nSPS) is 19.4. The Morgan fingerprint density at radius 2 is 1.74 bits per heavy atom. The summed E-state index contributed by atoms with van der Waals surface area (Å²) >= 11 is 5.51. The number of thioether (sulfide) groups is 1. The van der Waals surface area contributed by atoms with Crippen LogP contribution >= 0.6 is 39.0 Å². The number of nitrogens with one attached hydrogen (secondary N) is 1. The molecular weight excluding hydrogens is 644 g/mol. The standard InChI is InChI=1S/C29H21BrN4O6S2/c1-15-3-2-4-18(13-15)31-21(35)14-32-28-25(42-29(32)38)22(16-5-7-17(30)8-6-16)23-24(41-28)27(37)33(26(23)36)19-9-11-20(12-10-19)34(39)40/h2-13,22-24H,14H2,1H3,(H,31,35)/t22-,23-,24+/m0/s1. The molecule has 1 N–H and O–H groups in total. The molecule has 1 saturated heterocycles. The first-order valence-electron chi connectivity index (χ1n) is 12.8. The number of hydrogen-bond acceptors (Lipinski definition) is 8. The Bertz CT molecular complexity index is 1820. The number of carbonyl (C=O) groups is 3. The molecule has 0 spiro atoms. The highest BCUT2D eigenvalue weighted by molar-refractivity contribution is 9.10. The van der Waals surface area contributed by atoms with Crippen LogP contribution < -0.4 is 15.1 Å². The average Bonchev–Trinajstić information content (AvgIpc) is 3.39. The van der Waals surface area contributed by atoms with Crippen molar-refractivity contribution >= 4 is 73.8 Å².